The third-order valence-electron chi connectivity index (χ3n) is 1.39. The molecule has 62 valence electrons. The van der Waals surface area contributed by atoms with Crippen LogP contribution < -0.4 is 0 Å². The molecule has 1 nitrogen and oxygen atoms in total. The Morgan fingerprint density at radius 3 is 2.50 bits per heavy atom. The molecular weight excluding hydrogens is 261 g/mol. The zero-order valence-corrected chi connectivity index (χ0v) is 9.04. The summed E-state index contributed by atoms with van der Waals surface area (Å²) in [4.78, 5) is 0. The first-order valence-electron chi connectivity index (χ1n) is 3.16. The van der Waals surface area contributed by atoms with Gasteiger partial charge in [-0.2, -0.15) is 5.26 Å². The highest BCUT2D eigenvalue weighted by atomic mass is 79.9. The van der Waals surface area contributed by atoms with E-state index in [4.69, 9.17) is 28.5 Å². The van der Waals surface area contributed by atoms with Crippen LogP contribution in [0.2, 0.25) is 10.0 Å². The van der Waals surface area contributed by atoms with Gasteiger partial charge < -0.3 is 0 Å². The zero-order valence-electron chi connectivity index (χ0n) is 5.94. The van der Waals surface area contributed by atoms with E-state index in [9.17, 15) is 0 Å². The molecule has 0 atom stereocenters. The summed E-state index contributed by atoms with van der Waals surface area (Å²) in [5.41, 5.74) is 0.742. The van der Waals surface area contributed by atoms with Crippen LogP contribution in [0.3, 0.4) is 0 Å². The van der Waals surface area contributed by atoms with Gasteiger partial charge in [0.15, 0.2) is 0 Å². The third-order valence-corrected chi connectivity index (χ3v) is 3.20. The van der Waals surface area contributed by atoms with Crippen molar-refractivity contribution >= 4 is 39.1 Å². The largest absolute Gasteiger partial charge is 0.198 e. The molecule has 1 aromatic rings. The number of benzene rings is 1. The maximum absolute atomic E-state index is 8.49. The molecule has 4 heteroatoms. The molecular formula is C8H4BrCl2N. The van der Waals surface area contributed by atoms with Gasteiger partial charge in [-0.05, 0) is 28.1 Å². The van der Waals surface area contributed by atoms with Gasteiger partial charge in [-0.1, -0.05) is 23.2 Å². The molecule has 1 aromatic carbocycles. The maximum atomic E-state index is 8.49. The van der Waals surface area contributed by atoms with Gasteiger partial charge in [-0.3, -0.25) is 0 Å². The minimum absolute atomic E-state index is 0.264. The van der Waals surface area contributed by atoms with Crippen LogP contribution in [0.25, 0.3) is 0 Å². The lowest BCUT2D eigenvalue weighted by Gasteiger charge is -2.03. The summed E-state index contributed by atoms with van der Waals surface area (Å²) < 4.78 is 0.707. The monoisotopic (exact) mass is 263 g/mol. The maximum Gasteiger partial charge on any atom is 0.0670 e. The molecule has 0 fully saturated rings. The fraction of sp³-hybridized carbons (Fsp3) is 0.125. The number of halogens is 3. The Bertz CT molecular complexity index is 344. The smallest absolute Gasteiger partial charge is 0.0670 e. The molecule has 0 radical (unpaired) electrons. The predicted octanol–water partition coefficient (Wildman–Crippen LogP) is 3.82. The standard InChI is InChI=1S/C8H4BrCl2N/c9-8-5(3-4-12)6(10)1-2-7(8)11/h1-2H,3H2. The molecule has 0 aliphatic heterocycles. The first-order chi connectivity index (χ1) is 5.66. The molecule has 0 saturated carbocycles. The van der Waals surface area contributed by atoms with Crippen molar-refractivity contribution in [3.63, 3.8) is 0 Å². The van der Waals surface area contributed by atoms with Crippen LogP contribution in [-0.2, 0) is 6.42 Å². The van der Waals surface area contributed by atoms with Crippen molar-refractivity contribution in [2.45, 2.75) is 6.42 Å². The van der Waals surface area contributed by atoms with Crippen molar-refractivity contribution in [2.24, 2.45) is 0 Å². The average Bonchev–Trinajstić information content (AvgIpc) is 2.06. The number of nitrogens with zero attached hydrogens (tertiary/aromatic N) is 1. The van der Waals surface area contributed by atoms with Crippen molar-refractivity contribution in [1.82, 2.24) is 0 Å². The van der Waals surface area contributed by atoms with Gasteiger partial charge in [0, 0.05) is 15.1 Å². The summed E-state index contributed by atoms with van der Waals surface area (Å²) in [6.07, 6.45) is 0.264. The summed E-state index contributed by atoms with van der Waals surface area (Å²) in [5.74, 6) is 0. The summed E-state index contributed by atoms with van der Waals surface area (Å²) in [5, 5.41) is 9.62. The number of hydrogen-bond acceptors (Lipinski definition) is 1. The second kappa shape index (κ2) is 4.13. The van der Waals surface area contributed by atoms with E-state index >= 15 is 0 Å². The Morgan fingerprint density at radius 2 is 1.92 bits per heavy atom. The first kappa shape index (κ1) is 9.85. The van der Waals surface area contributed by atoms with Gasteiger partial charge in [-0.25, -0.2) is 0 Å². The van der Waals surface area contributed by atoms with Crippen LogP contribution in [-0.4, -0.2) is 0 Å². The highest BCUT2D eigenvalue weighted by Crippen LogP contribution is 2.31. The second-order valence-electron chi connectivity index (χ2n) is 2.16. The van der Waals surface area contributed by atoms with Crippen LogP contribution in [0.15, 0.2) is 16.6 Å². The number of nitriles is 1. The average molecular weight is 265 g/mol. The minimum Gasteiger partial charge on any atom is -0.198 e. The van der Waals surface area contributed by atoms with E-state index < -0.39 is 0 Å². The predicted molar refractivity (Wildman–Crippen MR) is 53.5 cm³/mol. The van der Waals surface area contributed by atoms with E-state index in [1.165, 1.54) is 0 Å². The summed E-state index contributed by atoms with van der Waals surface area (Å²) in [6, 6.07) is 5.39. The van der Waals surface area contributed by atoms with E-state index in [1.54, 1.807) is 12.1 Å². The van der Waals surface area contributed by atoms with Crippen LogP contribution >= 0.6 is 39.1 Å². The normalized spacial score (nSPS) is 9.50. The fourth-order valence-corrected chi connectivity index (χ4v) is 1.81. The molecule has 0 N–H and O–H groups in total. The lowest BCUT2D eigenvalue weighted by Crippen LogP contribution is -1.86. The molecule has 0 unspecified atom stereocenters. The van der Waals surface area contributed by atoms with E-state index in [-0.39, 0.29) is 6.42 Å². The van der Waals surface area contributed by atoms with Crippen molar-refractivity contribution in [1.29, 1.82) is 5.26 Å². The van der Waals surface area contributed by atoms with Crippen molar-refractivity contribution < 1.29 is 0 Å². The van der Waals surface area contributed by atoms with Crippen LogP contribution in [0.5, 0.6) is 0 Å². The van der Waals surface area contributed by atoms with E-state index in [0.29, 0.717) is 14.5 Å². The zero-order chi connectivity index (χ0) is 9.14. The van der Waals surface area contributed by atoms with Gasteiger partial charge >= 0.3 is 0 Å². The molecule has 0 aromatic heterocycles. The lowest BCUT2D eigenvalue weighted by atomic mass is 10.2. The molecule has 0 spiro atoms. The SMILES string of the molecule is N#CCc1c(Cl)ccc(Cl)c1Br. The van der Waals surface area contributed by atoms with Crippen molar-refractivity contribution in [3.05, 3.63) is 32.2 Å². The van der Waals surface area contributed by atoms with Crippen molar-refractivity contribution in [3.8, 4) is 6.07 Å². The molecule has 0 bridgehead atoms. The van der Waals surface area contributed by atoms with E-state index in [2.05, 4.69) is 15.9 Å². The Hall–Kier alpha value is -0.230. The second-order valence-corrected chi connectivity index (χ2v) is 3.76. The van der Waals surface area contributed by atoms with Gasteiger partial charge in [-0.15, -0.1) is 0 Å². The van der Waals surface area contributed by atoms with Gasteiger partial charge in [0.05, 0.1) is 17.5 Å². The van der Waals surface area contributed by atoms with Crippen LogP contribution in [0.4, 0.5) is 0 Å². The molecule has 12 heavy (non-hydrogen) atoms. The highest BCUT2D eigenvalue weighted by molar-refractivity contribution is 9.10. The number of rotatable bonds is 1. The first-order valence-corrected chi connectivity index (χ1v) is 4.71. The van der Waals surface area contributed by atoms with Crippen molar-refractivity contribution in [2.75, 3.05) is 0 Å². The highest BCUT2D eigenvalue weighted by Gasteiger charge is 2.07. The molecule has 0 heterocycles. The van der Waals surface area contributed by atoms with Crippen LogP contribution in [0.1, 0.15) is 5.56 Å². The Morgan fingerprint density at radius 1 is 1.33 bits per heavy atom. The van der Waals surface area contributed by atoms with Crippen LogP contribution in [0, 0.1) is 11.3 Å². The minimum atomic E-state index is 0.264. The number of hydrogen-bond donors (Lipinski definition) is 0. The van der Waals surface area contributed by atoms with E-state index in [1.807, 2.05) is 6.07 Å². The van der Waals surface area contributed by atoms with E-state index in [0.717, 1.165) is 5.56 Å². The topological polar surface area (TPSA) is 23.8 Å². The fourth-order valence-electron chi connectivity index (χ4n) is 0.810. The lowest BCUT2D eigenvalue weighted by molar-refractivity contribution is 1.25. The molecule has 0 aliphatic rings. The molecule has 1 rings (SSSR count). The quantitative estimate of drug-likeness (QED) is 0.708. The molecule has 0 amide bonds. The summed E-state index contributed by atoms with van der Waals surface area (Å²) in [7, 11) is 0. The van der Waals surface area contributed by atoms with Gasteiger partial charge in [0.2, 0.25) is 0 Å². The summed E-state index contributed by atoms with van der Waals surface area (Å²) in [6.45, 7) is 0. The third kappa shape index (κ3) is 1.92. The molecule has 0 saturated heterocycles. The molecule has 0 aliphatic carbocycles. The summed E-state index contributed by atoms with van der Waals surface area (Å²) >= 11 is 14.9. The Labute approximate surface area is 89.0 Å². The van der Waals surface area contributed by atoms with Gasteiger partial charge in [0.1, 0.15) is 0 Å². The van der Waals surface area contributed by atoms with Gasteiger partial charge in [0.25, 0.3) is 0 Å². The Kier molecular flexibility index (Phi) is 3.39. The Balaban J connectivity index is 3.25.